The van der Waals surface area contributed by atoms with Crippen molar-refractivity contribution in [1.29, 1.82) is 0 Å². The molecule has 0 aliphatic carbocycles. The van der Waals surface area contributed by atoms with Crippen LogP contribution in [0.4, 0.5) is 11.4 Å². The van der Waals surface area contributed by atoms with Crippen molar-refractivity contribution in [3.63, 3.8) is 0 Å². The van der Waals surface area contributed by atoms with Crippen LogP contribution >= 0.6 is 11.6 Å². The van der Waals surface area contributed by atoms with E-state index in [1.807, 2.05) is 42.5 Å². The number of amides is 1. The summed E-state index contributed by atoms with van der Waals surface area (Å²) < 4.78 is 0. The van der Waals surface area contributed by atoms with Crippen molar-refractivity contribution < 1.29 is 9.72 Å². The van der Waals surface area contributed by atoms with E-state index >= 15 is 0 Å². The van der Waals surface area contributed by atoms with Gasteiger partial charge in [-0.25, -0.2) is 0 Å². The van der Waals surface area contributed by atoms with Crippen LogP contribution in [0.1, 0.15) is 16.7 Å². The first-order valence-electron chi connectivity index (χ1n) is 9.28. The average molecular weight is 417 g/mol. The standard InChI is InChI=1S/C24H17ClN2O3/c1-16-7-12-21(15-22(16)27(29)30)26-23(18-5-3-2-4-6-18)14-19(24(26)28)13-17-8-10-20(25)11-9-17/h2-15H,1H3/b19-13+. The Morgan fingerprint density at radius 1 is 1.00 bits per heavy atom. The monoisotopic (exact) mass is 416 g/mol. The molecule has 0 fully saturated rings. The molecule has 148 valence electrons. The number of nitrogens with zero attached hydrogens (tertiary/aromatic N) is 2. The summed E-state index contributed by atoms with van der Waals surface area (Å²) in [7, 11) is 0. The van der Waals surface area contributed by atoms with Crippen molar-refractivity contribution in [2.45, 2.75) is 6.92 Å². The highest BCUT2D eigenvalue weighted by Crippen LogP contribution is 2.37. The van der Waals surface area contributed by atoms with Crippen LogP contribution in [0.3, 0.4) is 0 Å². The van der Waals surface area contributed by atoms with Gasteiger partial charge in [0.15, 0.2) is 0 Å². The fourth-order valence-corrected chi connectivity index (χ4v) is 3.49. The van der Waals surface area contributed by atoms with Crippen LogP contribution in [-0.4, -0.2) is 10.8 Å². The Labute approximate surface area is 178 Å². The molecule has 0 saturated heterocycles. The van der Waals surface area contributed by atoms with Gasteiger partial charge in [-0.3, -0.25) is 19.8 Å². The molecule has 0 atom stereocenters. The SMILES string of the molecule is Cc1ccc(N2C(=O)/C(=C/c3ccc(Cl)cc3)C=C2c2ccccc2)cc1[N+](=O)[O-]. The Morgan fingerprint density at radius 3 is 2.37 bits per heavy atom. The van der Waals surface area contributed by atoms with Crippen molar-refractivity contribution in [3.8, 4) is 0 Å². The molecule has 0 N–H and O–H groups in total. The third-order valence-electron chi connectivity index (χ3n) is 4.89. The molecule has 0 saturated carbocycles. The maximum Gasteiger partial charge on any atom is 0.274 e. The van der Waals surface area contributed by atoms with Crippen LogP contribution < -0.4 is 4.90 Å². The summed E-state index contributed by atoms with van der Waals surface area (Å²) >= 11 is 5.95. The molecule has 3 aromatic rings. The molecular weight excluding hydrogens is 400 g/mol. The van der Waals surface area contributed by atoms with E-state index in [-0.39, 0.29) is 11.6 Å². The van der Waals surface area contributed by atoms with Crippen LogP contribution in [0, 0.1) is 17.0 Å². The third kappa shape index (κ3) is 3.75. The number of carbonyl (C=O) groups excluding carboxylic acids is 1. The highest BCUT2D eigenvalue weighted by molar-refractivity contribution is 6.30. The number of nitro groups is 1. The van der Waals surface area contributed by atoms with Crippen molar-refractivity contribution in [1.82, 2.24) is 0 Å². The summed E-state index contributed by atoms with van der Waals surface area (Å²) in [5.74, 6) is -0.248. The summed E-state index contributed by atoms with van der Waals surface area (Å²) in [4.78, 5) is 25.8. The topological polar surface area (TPSA) is 63.5 Å². The second-order valence-corrected chi connectivity index (χ2v) is 7.35. The van der Waals surface area contributed by atoms with E-state index in [1.54, 1.807) is 43.3 Å². The lowest BCUT2D eigenvalue weighted by molar-refractivity contribution is -0.385. The normalized spacial score (nSPS) is 14.9. The Kier molecular flexibility index (Phi) is 5.21. The summed E-state index contributed by atoms with van der Waals surface area (Å²) in [5.41, 5.74) is 3.79. The van der Waals surface area contributed by atoms with Gasteiger partial charge >= 0.3 is 0 Å². The van der Waals surface area contributed by atoms with Gasteiger partial charge in [0.2, 0.25) is 0 Å². The van der Waals surface area contributed by atoms with Gasteiger partial charge in [0.05, 0.1) is 16.3 Å². The Bertz CT molecular complexity index is 1200. The van der Waals surface area contributed by atoms with E-state index in [9.17, 15) is 14.9 Å². The van der Waals surface area contributed by atoms with Gasteiger partial charge in [-0.15, -0.1) is 0 Å². The molecule has 0 spiro atoms. The van der Waals surface area contributed by atoms with Crippen LogP contribution in [0.25, 0.3) is 11.8 Å². The number of anilines is 1. The van der Waals surface area contributed by atoms with Crippen molar-refractivity contribution in [2.24, 2.45) is 0 Å². The second kappa shape index (κ2) is 7.97. The van der Waals surface area contributed by atoms with Crippen LogP contribution in [0.5, 0.6) is 0 Å². The molecule has 3 aromatic carbocycles. The van der Waals surface area contributed by atoms with Crippen LogP contribution in [0.2, 0.25) is 5.02 Å². The van der Waals surface area contributed by atoms with Crippen molar-refractivity contribution in [3.05, 3.63) is 116 Å². The van der Waals surface area contributed by atoms with E-state index in [0.29, 0.717) is 27.5 Å². The number of aryl methyl sites for hydroxylation is 1. The van der Waals surface area contributed by atoms with Crippen LogP contribution in [-0.2, 0) is 4.79 Å². The molecule has 1 aliphatic heterocycles. The molecule has 1 aliphatic rings. The van der Waals surface area contributed by atoms with Gasteiger partial charge in [0.1, 0.15) is 0 Å². The molecule has 0 bridgehead atoms. The van der Waals surface area contributed by atoms with Gasteiger partial charge in [-0.05, 0) is 48.4 Å². The van der Waals surface area contributed by atoms with Gasteiger partial charge in [-0.1, -0.05) is 60.1 Å². The summed E-state index contributed by atoms with van der Waals surface area (Å²) in [6.45, 7) is 1.67. The molecule has 30 heavy (non-hydrogen) atoms. The number of carbonyl (C=O) groups is 1. The maximum atomic E-state index is 13.3. The largest absolute Gasteiger partial charge is 0.276 e. The highest BCUT2D eigenvalue weighted by atomic mass is 35.5. The van der Waals surface area contributed by atoms with E-state index in [1.165, 1.54) is 11.0 Å². The lowest BCUT2D eigenvalue weighted by Crippen LogP contribution is -2.25. The molecule has 5 nitrogen and oxygen atoms in total. The molecule has 0 radical (unpaired) electrons. The molecule has 1 amide bonds. The zero-order chi connectivity index (χ0) is 21.3. The first-order chi connectivity index (χ1) is 14.4. The predicted molar refractivity (Wildman–Crippen MR) is 119 cm³/mol. The van der Waals surface area contributed by atoms with Gasteiger partial charge in [0.25, 0.3) is 11.6 Å². The number of nitro benzene ring substituents is 1. The lowest BCUT2D eigenvalue weighted by Gasteiger charge is -2.21. The second-order valence-electron chi connectivity index (χ2n) is 6.92. The third-order valence-corrected chi connectivity index (χ3v) is 5.14. The smallest absolute Gasteiger partial charge is 0.274 e. The summed E-state index contributed by atoms with van der Waals surface area (Å²) in [5, 5.41) is 12.0. The fraction of sp³-hybridized carbons (Fsp3) is 0.0417. The lowest BCUT2D eigenvalue weighted by atomic mass is 10.1. The molecule has 0 aromatic heterocycles. The zero-order valence-corrected chi connectivity index (χ0v) is 16.8. The Morgan fingerprint density at radius 2 is 1.70 bits per heavy atom. The number of rotatable bonds is 4. The molecule has 0 unspecified atom stereocenters. The van der Waals surface area contributed by atoms with E-state index < -0.39 is 4.92 Å². The van der Waals surface area contributed by atoms with Gasteiger partial charge < -0.3 is 0 Å². The molecule has 1 heterocycles. The maximum absolute atomic E-state index is 13.3. The van der Waals surface area contributed by atoms with E-state index in [2.05, 4.69) is 0 Å². The van der Waals surface area contributed by atoms with E-state index in [0.717, 1.165) is 11.1 Å². The summed E-state index contributed by atoms with van der Waals surface area (Å²) in [6, 6.07) is 21.5. The first-order valence-corrected chi connectivity index (χ1v) is 9.66. The first kappa shape index (κ1) is 19.6. The predicted octanol–water partition coefficient (Wildman–Crippen LogP) is 6.03. The van der Waals surface area contributed by atoms with Gasteiger partial charge in [-0.2, -0.15) is 0 Å². The minimum atomic E-state index is -0.435. The molecule has 6 heteroatoms. The van der Waals surface area contributed by atoms with E-state index in [4.69, 9.17) is 11.6 Å². The quantitative estimate of drug-likeness (QED) is 0.296. The van der Waals surface area contributed by atoms with Gasteiger partial charge in [0, 0.05) is 22.2 Å². The minimum absolute atomic E-state index is 0.0251. The molecular formula is C24H17ClN2O3. The summed E-state index contributed by atoms with van der Waals surface area (Å²) in [6.07, 6.45) is 3.59. The number of hydrogen-bond donors (Lipinski definition) is 0. The number of halogens is 1. The highest BCUT2D eigenvalue weighted by Gasteiger charge is 2.31. The van der Waals surface area contributed by atoms with Crippen molar-refractivity contribution >= 4 is 40.7 Å². The molecule has 4 rings (SSSR count). The minimum Gasteiger partial charge on any atom is -0.276 e. The van der Waals surface area contributed by atoms with Crippen molar-refractivity contribution in [2.75, 3.05) is 4.90 Å². The van der Waals surface area contributed by atoms with Crippen LogP contribution in [0.15, 0.2) is 84.4 Å². The number of benzene rings is 3. The fourth-order valence-electron chi connectivity index (χ4n) is 3.37. The Balaban J connectivity index is 1.84. The Hall–Kier alpha value is -3.70. The zero-order valence-electron chi connectivity index (χ0n) is 16.1. The average Bonchev–Trinajstić information content (AvgIpc) is 3.07. The number of hydrogen-bond acceptors (Lipinski definition) is 3.